The normalized spacial score (nSPS) is 10.5. The minimum atomic E-state index is 0.0481. The molecule has 1 rings (SSSR count). The number of hydrogen-bond acceptors (Lipinski definition) is 4. The van der Waals surface area contributed by atoms with E-state index >= 15 is 0 Å². The number of rotatable bonds is 9. The highest BCUT2D eigenvalue weighted by Gasteiger charge is 2.16. The SMILES string of the molecule is COc1ccc(OCCC(=O)N(CCCO)C(C)C)cc1. The Kier molecular flexibility index (Phi) is 7.61. The van der Waals surface area contributed by atoms with Gasteiger partial charge in [0.05, 0.1) is 20.1 Å². The summed E-state index contributed by atoms with van der Waals surface area (Å²) < 4.78 is 10.6. The predicted octanol–water partition coefficient (Wildman–Crippen LogP) is 2.08. The van der Waals surface area contributed by atoms with Crippen LogP contribution >= 0.6 is 0 Å². The van der Waals surface area contributed by atoms with Crippen molar-refractivity contribution in [2.75, 3.05) is 26.9 Å². The van der Waals surface area contributed by atoms with Crippen molar-refractivity contribution in [1.82, 2.24) is 4.90 Å². The number of ether oxygens (including phenoxy) is 2. The maximum Gasteiger partial charge on any atom is 0.226 e. The van der Waals surface area contributed by atoms with Crippen molar-refractivity contribution in [1.29, 1.82) is 0 Å². The first-order valence-electron chi connectivity index (χ1n) is 7.25. The number of methoxy groups -OCH3 is 1. The fourth-order valence-corrected chi connectivity index (χ4v) is 1.98. The van der Waals surface area contributed by atoms with Gasteiger partial charge < -0.3 is 19.5 Å². The Morgan fingerprint density at radius 3 is 2.38 bits per heavy atom. The van der Waals surface area contributed by atoms with Crippen molar-refractivity contribution in [3.05, 3.63) is 24.3 Å². The molecule has 0 heterocycles. The van der Waals surface area contributed by atoms with Gasteiger partial charge in [0, 0.05) is 19.2 Å². The van der Waals surface area contributed by atoms with E-state index in [2.05, 4.69) is 0 Å². The molecule has 0 atom stereocenters. The molecule has 5 heteroatoms. The number of nitrogens with zero attached hydrogens (tertiary/aromatic N) is 1. The van der Waals surface area contributed by atoms with Crippen LogP contribution in [0.1, 0.15) is 26.7 Å². The molecule has 5 nitrogen and oxygen atoms in total. The third kappa shape index (κ3) is 6.04. The fraction of sp³-hybridized carbons (Fsp3) is 0.562. The number of hydrogen-bond donors (Lipinski definition) is 1. The zero-order valence-corrected chi connectivity index (χ0v) is 13.0. The average Bonchev–Trinajstić information content (AvgIpc) is 2.48. The van der Waals surface area contributed by atoms with E-state index < -0.39 is 0 Å². The summed E-state index contributed by atoms with van der Waals surface area (Å²) in [5, 5.41) is 8.87. The molecule has 1 amide bonds. The van der Waals surface area contributed by atoms with Crippen LogP contribution < -0.4 is 9.47 Å². The number of amides is 1. The van der Waals surface area contributed by atoms with E-state index in [1.54, 1.807) is 12.0 Å². The summed E-state index contributed by atoms with van der Waals surface area (Å²) in [6.07, 6.45) is 0.929. The zero-order valence-electron chi connectivity index (χ0n) is 13.0. The van der Waals surface area contributed by atoms with Crippen LogP contribution in [0.2, 0.25) is 0 Å². The largest absolute Gasteiger partial charge is 0.497 e. The lowest BCUT2D eigenvalue weighted by Gasteiger charge is -2.26. The van der Waals surface area contributed by atoms with Gasteiger partial charge in [-0.25, -0.2) is 0 Å². The molecule has 0 bridgehead atoms. The Morgan fingerprint density at radius 2 is 1.86 bits per heavy atom. The van der Waals surface area contributed by atoms with Crippen LogP contribution in [0.3, 0.4) is 0 Å². The van der Waals surface area contributed by atoms with Gasteiger partial charge in [-0.15, -0.1) is 0 Å². The topological polar surface area (TPSA) is 59.0 Å². The Labute approximate surface area is 126 Å². The van der Waals surface area contributed by atoms with E-state index in [-0.39, 0.29) is 18.6 Å². The molecule has 21 heavy (non-hydrogen) atoms. The van der Waals surface area contributed by atoms with Crippen molar-refractivity contribution in [2.45, 2.75) is 32.7 Å². The molecule has 118 valence electrons. The second-order valence-electron chi connectivity index (χ2n) is 5.03. The van der Waals surface area contributed by atoms with Crippen LogP contribution in [0.4, 0.5) is 0 Å². The van der Waals surface area contributed by atoms with Crippen LogP contribution in [0.25, 0.3) is 0 Å². The lowest BCUT2D eigenvalue weighted by Crippen LogP contribution is -2.38. The average molecular weight is 295 g/mol. The first-order chi connectivity index (χ1) is 10.1. The van der Waals surface area contributed by atoms with Gasteiger partial charge in [0.1, 0.15) is 11.5 Å². The highest BCUT2D eigenvalue weighted by atomic mass is 16.5. The van der Waals surface area contributed by atoms with E-state index in [1.807, 2.05) is 38.1 Å². The summed E-state index contributed by atoms with van der Waals surface area (Å²) in [6.45, 7) is 4.96. The maximum absolute atomic E-state index is 12.1. The molecular formula is C16H25NO4. The molecule has 0 aromatic heterocycles. The van der Waals surface area contributed by atoms with Crippen molar-refractivity contribution in [3.63, 3.8) is 0 Å². The van der Waals surface area contributed by atoms with E-state index in [0.29, 0.717) is 26.0 Å². The van der Waals surface area contributed by atoms with Crippen LogP contribution in [-0.2, 0) is 4.79 Å². The molecule has 1 aromatic carbocycles. The number of carbonyl (C=O) groups excluding carboxylic acids is 1. The first-order valence-corrected chi connectivity index (χ1v) is 7.25. The van der Waals surface area contributed by atoms with Gasteiger partial charge >= 0.3 is 0 Å². The molecule has 1 aromatic rings. The zero-order chi connectivity index (χ0) is 15.7. The summed E-state index contributed by atoms with van der Waals surface area (Å²) in [5.41, 5.74) is 0. The lowest BCUT2D eigenvalue weighted by atomic mass is 10.2. The summed E-state index contributed by atoms with van der Waals surface area (Å²) in [4.78, 5) is 13.9. The molecule has 0 radical (unpaired) electrons. The molecule has 0 aliphatic carbocycles. The molecule has 0 fully saturated rings. The molecule has 0 saturated heterocycles. The molecule has 0 spiro atoms. The lowest BCUT2D eigenvalue weighted by molar-refractivity contribution is -0.133. The monoisotopic (exact) mass is 295 g/mol. The van der Waals surface area contributed by atoms with Crippen molar-refractivity contribution < 1.29 is 19.4 Å². The number of carbonyl (C=O) groups is 1. The molecule has 0 aliphatic rings. The van der Waals surface area contributed by atoms with E-state index in [9.17, 15) is 4.79 Å². The van der Waals surface area contributed by atoms with Crippen molar-refractivity contribution in [3.8, 4) is 11.5 Å². The Balaban J connectivity index is 2.39. The van der Waals surface area contributed by atoms with Crippen LogP contribution in [0.5, 0.6) is 11.5 Å². The summed E-state index contributed by atoms with van der Waals surface area (Å²) in [5.74, 6) is 1.54. The van der Waals surface area contributed by atoms with Gasteiger partial charge in [-0.3, -0.25) is 4.79 Å². The molecule has 0 aliphatic heterocycles. The van der Waals surface area contributed by atoms with Crippen LogP contribution in [0, 0.1) is 0 Å². The number of aliphatic hydroxyl groups is 1. The molecule has 1 N–H and O–H groups in total. The van der Waals surface area contributed by atoms with Gasteiger partial charge in [-0.05, 0) is 44.5 Å². The van der Waals surface area contributed by atoms with Crippen LogP contribution in [-0.4, -0.2) is 48.8 Å². The molecule has 0 saturated carbocycles. The van der Waals surface area contributed by atoms with Crippen molar-refractivity contribution in [2.24, 2.45) is 0 Å². The number of aliphatic hydroxyl groups excluding tert-OH is 1. The Bertz CT molecular complexity index is 417. The van der Waals surface area contributed by atoms with Gasteiger partial charge in [0.25, 0.3) is 0 Å². The quantitative estimate of drug-likeness (QED) is 0.758. The van der Waals surface area contributed by atoms with Gasteiger partial charge in [0.15, 0.2) is 0 Å². The summed E-state index contributed by atoms with van der Waals surface area (Å²) >= 11 is 0. The van der Waals surface area contributed by atoms with Crippen molar-refractivity contribution >= 4 is 5.91 Å². The van der Waals surface area contributed by atoms with Gasteiger partial charge in [0.2, 0.25) is 5.91 Å². The molecular weight excluding hydrogens is 270 g/mol. The Hall–Kier alpha value is -1.75. The fourth-order valence-electron chi connectivity index (χ4n) is 1.98. The minimum absolute atomic E-state index is 0.0481. The maximum atomic E-state index is 12.1. The van der Waals surface area contributed by atoms with E-state index in [1.165, 1.54) is 0 Å². The van der Waals surface area contributed by atoms with E-state index in [0.717, 1.165) is 11.5 Å². The predicted molar refractivity (Wildman–Crippen MR) is 81.7 cm³/mol. The molecule has 0 unspecified atom stereocenters. The van der Waals surface area contributed by atoms with Gasteiger partial charge in [-0.2, -0.15) is 0 Å². The van der Waals surface area contributed by atoms with Gasteiger partial charge in [-0.1, -0.05) is 0 Å². The first kappa shape index (κ1) is 17.3. The smallest absolute Gasteiger partial charge is 0.226 e. The second-order valence-corrected chi connectivity index (χ2v) is 5.03. The summed E-state index contributed by atoms with van der Waals surface area (Å²) in [6, 6.07) is 7.40. The third-order valence-corrected chi connectivity index (χ3v) is 3.14. The highest BCUT2D eigenvalue weighted by Crippen LogP contribution is 2.17. The highest BCUT2D eigenvalue weighted by molar-refractivity contribution is 5.76. The standard InChI is InChI=1S/C16H25NO4/c1-13(2)17(10-4-11-18)16(19)9-12-21-15-7-5-14(20-3)6-8-15/h5-8,13,18H,4,9-12H2,1-3H3. The van der Waals surface area contributed by atoms with Crippen LogP contribution in [0.15, 0.2) is 24.3 Å². The Morgan fingerprint density at radius 1 is 1.24 bits per heavy atom. The number of benzene rings is 1. The third-order valence-electron chi connectivity index (χ3n) is 3.14. The summed E-state index contributed by atoms with van der Waals surface area (Å²) in [7, 11) is 1.61. The van der Waals surface area contributed by atoms with E-state index in [4.69, 9.17) is 14.6 Å². The minimum Gasteiger partial charge on any atom is -0.497 e. The second kappa shape index (κ2) is 9.23.